The number of fused-ring (bicyclic) bond motifs is 2. The van der Waals surface area contributed by atoms with Gasteiger partial charge in [-0.25, -0.2) is 0 Å². The van der Waals surface area contributed by atoms with Gasteiger partial charge in [-0.05, 0) is 41.1 Å². The number of nitrogens with two attached hydrogens (primary N) is 1. The van der Waals surface area contributed by atoms with Gasteiger partial charge >= 0.3 is 0 Å². The van der Waals surface area contributed by atoms with Gasteiger partial charge in [0.25, 0.3) is 0 Å². The molecule has 3 rings (SSSR count). The molecule has 0 spiro atoms. The highest BCUT2D eigenvalue weighted by atomic mass is 79.9. The lowest BCUT2D eigenvalue weighted by molar-refractivity contribution is 0.553. The zero-order chi connectivity index (χ0) is 10.4. The quantitative estimate of drug-likeness (QED) is 0.850. The normalized spacial score (nSPS) is 28.7. The maximum Gasteiger partial charge on any atom is 0.0778 e. The minimum absolute atomic E-state index is 0.705. The Labute approximate surface area is 97.8 Å². The molecule has 1 saturated heterocycles. The van der Waals surface area contributed by atoms with Crippen molar-refractivity contribution in [3.8, 4) is 0 Å². The molecule has 2 bridgehead atoms. The van der Waals surface area contributed by atoms with Crippen molar-refractivity contribution in [2.24, 2.45) is 5.92 Å². The van der Waals surface area contributed by atoms with E-state index in [0.717, 1.165) is 28.3 Å². The van der Waals surface area contributed by atoms with Crippen LogP contribution in [0.3, 0.4) is 0 Å². The third-order valence-corrected chi connectivity index (χ3v) is 4.18. The van der Waals surface area contributed by atoms with Crippen LogP contribution < -0.4 is 10.6 Å². The molecule has 1 aliphatic heterocycles. The number of nitrogens with zero attached hydrogens (tertiary/aromatic N) is 2. The number of hydrogen-bond donors (Lipinski definition) is 1. The van der Waals surface area contributed by atoms with E-state index in [2.05, 4.69) is 25.8 Å². The lowest BCUT2D eigenvalue weighted by Gasteiger charge is -2.30. The molecule has 0 amide bonds. The monoisotopic (exact) mass is 267 g/mol. The lowest BCUT2D eigenvalue weighted by atomic mass is 10.1. The smallest absolute Gasteiger partial charge is 0.0778 e. The van der Waals surface area contributed by atoms with Gasteiger partial charge in [0.2, 0.25) is 0 Å². The highest BCUT2D eigenvalue weighted by Gasteiger charge is 2.39. The summed E-state index contributed by atoms with van der Waals surface area (Å²) in [5.74, 6) is 0.884. The van der Waals surface area contributed by atoms with Crippen LogP contribution in [0, 0.1) is 5.92 Å². The molecule has 2 N–H and O–H groups in total. The van der Waals surface area contributed by atoms with Crippen molar-refractivity contribution in [2.45, 2.75) is 25.3 Å². The Hall–Kier alpha value is -0.770. The largest absolute Gasteiger partial charge is 0.396 e. The summed E-state index contributed by atoms with van der Waals surface area (Å²) in [6.45, 7) is 1.16. The molecule has 1 saturated carbocycles. The van der Waals surface area contributed by atoms with Crippen LogP contribution in [0.1, 0.15) is 19.3 Å². The summed E-state index contributed by atoms with van der Waals surface area (Å²) in [7, 11) is 0. The van der Waals surface area contributed by atoms with Crippen molar-refractivity contribution in [1.82, 2.24) is 4.98 Å². The summed E-state index contributed by atoms with van der Waals surface area (Å²) < 4.78 is 1.02. The summed E-state index contributed by atoms with van der Waals surface area (Å²) in [4.78, 5) is 6.53. The van der Waals surface area contributed by atoms with Gasteiger partial charge in [-0.1, -0.05) is 0 Å². The summed E-state index contributed by atoms with van der Waals surface area (Å²) in [5, 5.41) is 0. The van der Waals surface area contributed by atoms with Gasteiger partial charge in [0.1, 0.15) is 0 Å². The van der Waals surface area contributed by atoms with E-state index in [1.807, 2.05) is 6.20 Å². The van der Waals surface area contributed by atoms with E-state index < -0.39 is 0 Å². The van der Waals surface area contributed by atoms with Crippen molar-refractivity contribution in [3.63, 3.8) is 0 Å². The number of nitrogen functional groups attached to an aromatic ring is 1. The third-order valence-electron chi connectivity index (χ3n) is 3.60. The minimum atomic E-state index is 0.705. The zero-order valence-electron chi connectivity index (χ0n) is 8.49. The Morgan fingerprint density at radius 1 is 1.40 bits per heavy atom. The fourth-order valence-electron chi connectivity index (χ4n) is 2.94. The van der Waals surface area contributed by atoms with E-state index in [1.54, 1.807) is 6.20 Å². The molecule has 0 aromatic carbocycles. The second-order valence-electron chi connectivity index (χ2n) is 4.54. The fourth-order valence-corrected chi connectivity index (χ4v) is 3.52. The Balaban J connectivity index is 1.99. The van der Waals surface area contributed by atoms with E-state index in [-0.39, 0.29) is 0 Å². The van der Waals surface area contributed by atoms with Crippen molar-refractivity contribution in [3.05, 3.63) is 16.9 Å². The molecule has 2 fully saturated rings. The fraction of sp³-hybridized carbons (Fsp3) is 0.545. The first-order valence-electron chi connectivity index (χ1n) is 5.41. The summed E-state index contributed by atoms with van der Waals surface area (Å²) in [5.41, 5.74) is 7.94. The first-order valence-corrected chi connectivity index (χ1v) is 6.20. The molecule has 1 aliphatic carbocycles. The van der Waals surface area contributed by atoms with Crippen LogP contribution >= 0.6 is 15.9 Å². The van der Waals surface area contributed by atoms with Crippen LogP contribution in [0.15, 0.2) is 16.9 Å². The first kappa shape index (κ1) is 9.46. The van der Waals surface area contributed by atoms with Gasteiger partial charge < -0.3 is 10.6 Å². The molecule has 15 heavy (non-hydrogen) atoms. The van der Waals surface area contributed by atoms with Crippen LogP contribution in [0.5, 0.6) is 0 Å². The maximum atomic E-state index is 6.00. The maximum absolute atomic E-state index is 6.00. The molecule has 2 unspecified atom stereocenters. The predicted octanol–water partition coefficient (Wildman–Crippen LogP) is 2.42. The van der Waals surface area contributed by atoms with Gasteiger partial charge in [0.05, 0.1) is 22.0 Å². The van der Waals surface area contributed by atoms with Gasteiger partial charge in [0, 0.05) is 18.8 Å². The standard InChI is InChI=1S/C11H14BrN3/c12-9-4-14-5-10(13)11(9)15-6-7-1-2-8(15)3-7/h4-5,7-8H,1-3,6,13H2. The van der Waals surface area contributed by atoms with Crippen LogP contribution in [0.25, 0.3) is 0 Å². The lowest BCUT2D eigenvalue weighted by Crippen LogP contribution is -2.32. The van der Waals surface area contributed by atoms with Crippen molar-refractivity contribution < 1.29 is 0 Å². The molecular weight excluding hydrogens is 254 g/mol. The number of aromatic nitrogens is 1. The number of pyridine rings is 1. The van der Waals surface area contributed by atoms with Crippen molar-refractivity contribution in [2.75, 3.05) is 17.2 Å². The highest BCUT2D eigenvalue weighted by molar-refractivity contribution is 9.10. The van der Waals surface area contributed by atoms with Crippen LogP contribution in [-0.2, 0) is 0 Å². The molecule has 1 aromatic heterocycles. The van der Waals surface area contributed by atoms with Gasteiger partial charge in [-0.2, -0.15) is 0 Å². The minimum Gasteiger partial charge on any atom is -0.396 e. The summed E-state index contributed by atoms with van der Waals surface area (Å²) >= 11 is 3.54. The van der Waals surface area contributed by atoms with Gasteiger partial charge in [-0.15, -0.1) is 0 Å². The first-order chi connectivity index (χ1) is 7.25. The number of piperidine rings is 1. The van der Waals surface area contributed by atoms with Gasteiger partial charge in [-0.3, -0.25) is 4.98 Å². The number of rotatable bonds is 1. The summed E-state index contributed by atoms with van der Waals surface area (Å²) in [6.07, 6.45) is 7.63. The molecule has 1 aromatic rings. The second kappa shape index (κ2) is 3.37. The number of halogens is 1. The Bertz CT molecular complexity index is 373. The molecule has 2 atom stereocenters. The van der Waals surface area contributed by atoms with Crippen LogP contribution in [0.2, 0.25) is 0 Å². The summed E-state index contributed by atoms with van der Waals surface area (Å²) in [6, 6.07) is 0.705. The van der Waals surface area contributed by atoms with E-state index in [0.29, 0.717) is 6.04 Å². The molecule has 0 radical (unpaired) electrons. The average molecular weight is 268 g/mol. The van der Waals surface area contributed by atoms with E-state index in [1.165, 1.54) is 19.3 Å². The van der Waals surface area contributed by atoms with Crippen LogP contribution in [-0.4, -0.2) is 17.6 Å². The Morgan fingerprint density at radius 3 is 2.87 bits per heavy atom. The Morgan fingerprint density at radius 2 is 2.27 bits per heavy atom. The van der Waals surface area contributed by atoms with Crippen LogP contribution in [0.4, 0.5) is 11.4 Å². The zero-order valence-corrected chi connectivity index (χ0v) is 10.1. The molecule has 2 aliphatic rings. The third kappa shape index (κ3) is 1.42. The highest BCUT2D eigenvalue weighted by Crippen LogP contribution is 2.44. The molecule has 2 heterocycles. The van der Waals surface area contributed by atoms with Crippen molar-refractivity contribution in [1.29, 1.82) is 0 Å². The second-order valence-corrected chi connectivity index (χ2v) is 5.40. The Kier molecular flexibility index (Phi) is 2.12. The number of anilines is 2. The van der Waals surface area contributed by atoms with Gasteiger partial charge in [0.15, 0.2) is 0 Å². The van der Waals surface area contributed by atoms with E-state index in [4.69, 9.17) is 5.73 Å². The van der Waals surface area contributed by atoms with E-state index >= 15 is 0 Å². The van der Waals surface area contributed by atoms with Crippen molar-refractivity contribution >= 4 is 27.3 Å². The molecule has 80 valence electrons. The molecule has 4 heteroatoms. The number of hydrogen-bond acceptors (Lipinski definition) is 3. The SMILES string of the molecule is Nc1cncc(Br)c1N1CC2CCC1C2. The topological polar surface area (TPSA) is 42.1 Å². The average Bonchev–Trinajstić information content (AvgIpc) is 2.79. The molecule has 3 nitrogen and oxygen atoms in total. The predicted molar refractivity (Wildman–Crippen MR) is 64.8 cm³/mol. The molecular formula is C11H14BrN3. The van der Waals surface area contributed by atoms with E-state index in [9.17, 15) is 0 Å².